The number of ether oxygens (including phenoxy) is 1. The number of halogens is 2. The van der Waals surface area contributed by atoms with Gasteiger partial charge in [0.15, 0.2) is 0 Å². The maximum absolute atomic E-state index is 13.4. The van der Waals surface area contributed by atoms with E-state index < -0.39 is 11.6 Å². The van der Waals surface area contributed by atoms with Crippen molar-refractivity contribution in [1.29, 1.82) is 5.53 Å². The summed E-state index contributed by atoms with van der Waals surface area (Å²) in [4.78, 5) is 0. The van der Waals surface area contributed by atoms with Crippen LogP contribution in [0.3, 0.4) is 0 Å². The minimum atomic E-state index is -0.493. The third-order valence-electron chi connectivity index (χ3n) is 2.40. The molecule has 3 nitrogen and oxygen atoms in total. The number of hydrogen-bond acceptors (Lipinski definition) is 3. The molecule has 0 aromatic heterocycles. The molecule has 0 unspecified atom stereocenters. The third-order valence-corrected chi connectivity index (χ3v) is 2.40. The summed E-state index contributed by atoms with van der Waals surface area (Å²) < 4.78 is 31.5. The van der Waals surface area contributed by atoms with Crippen LogP contribution < -0.4 is 0 Å². The highest BCUT2D eigenvalue weighted by atomic mass is 19.1. The summed E-state index contributed by atoms with van der Waals surface area (Å²) in [6.07, 6.45) is 3.60. The van der Waals surface area contributed by atoms with Gasteiger partial charge in [-0.2, -0.15) is 0 Å². The van der Waals surface area contributed by atoms with E-state index in [-0.39, 0.29) is 17.9 Å². The van der Waals surface area contributed by atoms with Gasteiger partial charge in [0.1, 0.15) is 18.2 Å². The number of rotatable bonds is 3. The molecule has 0 bridgehead atoms. The van der Waals surface area contributed by atoms with Crippen molar-refractivity contribution in [2.45, 2.75) is 6.42 Å². The summed E-state index contributed by atoms with van der Waals surface area (Å²) in [6.45, 7) is 0.340. The Morgan fingerprint density at radius 1 is 1.35 bits per heavy atom. The normalized spacial score (nSPS) is 14.7. The molecule has 1 aromatic carbocycles. The Balaban J connectivity index is 2.31. The second kappa shape index (κ2) is 4.86. The maximum atomic E-state index is 13.4. The summed E-state index contributed by atoms with van der Waals surface area (Å²) in [6, 6.07) is 3.28. The monoisotopic (exact) mass is 236 g/mol. The lowest BCUT2D eigenvalue weighted by molar-refractivity contribution is 0.231. The quantitative estimate of drug-likeness (QED) is 0.804. The lowest BCUT2D eigenvalue weighted by Crippen LogP contribution is -2.03. The minimum absolute atomic E-state index is 0.149. The predicted octanol–water partition coefficient (Wildman–Crippen LogP) is 3.34. The van der Waals surface area contributed by atoms with Gasteiger partial charge < -0.3 is 4.74 Å². The van der Waals surface area contributed by atoms with E-state index in [4.69, 9.17) is 10.3 Å². The molecule has 0 saturated carbocycles. The SMILES string of the molecule is N=NC1=C(Cc2cc(F)ccc2F)C=CCO1. The molecule has 17 heavy (non-hydrogen) atoms. The molecule has 0 amide bonds. The van der Waals surface area contributed by atoms with E-state index in [9.17, 15) is 8.78 Å². The predicted molar refractivity (Wildman–Crippen MR) is 57.3 cm³/mol. The van der Waals surface area contributed by atoms with E-state index >= 15 is 0 Å². The van der Waals surface area contributed by atoms with Gasteiger partial charge in [-0.15, -0.1) is 5.11 Å². The molecule has 5 heteroatoms. The maximum Gasteiger partial charge on any atom is 0.236 e. The molecule has 1 N–H and O–H groups in total. The fourth-order valence-electron chi connectivity index (χ4n) is 1.60. The van der Waals surface area contributed by atoms with Gasteiger partial charge in [0.05, 0.1) is 0 Å². The first-order valence-corrected chi connectivity index (χ1v) is 5.04. The van der Waals surface area contributed by atoms with Crippen LogP contribution in [0.1, 0.15) is 5.56 Å². The summed E-state index contributed by atoms with van der Waals surface area (Å²) in [5.41, 5.74) is 7.71. The fraction of sp³-hybridized carbons (Fsp3) is 0.167. The molecule has 1 aromatic rings. The number of nitrogens with zero attached hydrogens (tertiary/aromatic N) is 1. The van der Waals surface area contributed by atoms with Crippen molar-refractivity contribution in [2.75, 3.05) is 6.61 Å². The van der Waals surface area contributed by atoms with Gasteiger partial charge >= 0.3 is 0 Å². The Labute approximate surface area is 96.9 Å². The van der Waals surface area contributed by atoms with Crippen LogP contribution in [0.4, 0.5) is 8.78 Å². The standard InChI is InChI=1S/C12H10F2N2O/c13-10-3-4-11(14)9(7-10)6-8-2-1-5-17-12(8)16-15/h1-4,7,15H,5-6H2. The van der Waals surface area contributed by atoms with E-state index in [0.29, 0.717) is 12.2 Å². The zero-order valence-corrected chi connectivity index (χ0v) is 8.91. The van der Waals surface area contributed by atoms with Crippen LogP contribution in [0.25, 0.3) is 0 Å². The molecule has 1 aliphatic rings. The second-order valence-corrected chi connectivity index (χ2v) is 3.57. The molecule has 0 atom stereocenters. The first-order valence-electron chi connectivity index (χ1n) is 5.04. The molecule has 1 heterocycles. The molecule has 0 aliphatic carbocycles. The Morgan fingerprint density at radius 2 is 2.18 bits per heavy atom. The molecular weight excluding hydrogens is 226 g/mol. The Hall–Kier alpha value is -2.04. The highest BCUT2D eigenvalue weighted by Gasteiger charge is 2.12. The van der Waals surface area contributed by atoms with Crippen LogP contribution in [0.5, 0.6) is 0 Å². The van der Waals surface area contributed by atoms with Crippen LogP contribution in [0.15, 0.2) is 46.9 Å². The van der Waals surface area contributed by atoms with E-state index in [1.807, 2.05) is 0 Å². The Bertz CT molecular complexity index is 509. The average Bonchev–Trinajstić information content (AvgIpc) is 2.34. The van der Waals surface area contributed by atoms with Gasteiger partial charge in [-0.25, -0.2) is 14.3 Å². The van der Waals surface area contributed by atoms with E-state index in [0.717, 1.165) is 18.2 Å². The van der Waals surface area contributed by atoms with E-state index in [2.05, 4.69) is 5.11 Å². The highest BCUT2D eigenvalue weighted by molar-refractivity contribution is 5.32. The molecule has 88 valence electrons. The number of allylic oxidation sites excluding steroid dienone is 2. The molecule has 1 aliphatic heterocycles. The summed E-state index contributed by atoms with van der Waals surface area (Å²) in [5.74, 6) is -0.828. The van der Waals surface area contributed by atoms with Gasteiger partial charge in [0, 0.05) is 12.0 Å². The summed E-state index contributed by atoms with van der Waals surface area (Å²) >= 11 is 0. The van der Waals surface area contributed by atoms with Crippen LogP contribution >= 0.6 is 0 Å². The highest BCUT2D eigenvalue weighted by Crippen LogP contribution is 2.21. The van der Waals surface area contributed by atoms with Crippen LogP contribution in [0.2, 0.25) is 0 Å². The zero-order chi connectivity index (χ0) is 12.3. The van der Waals surface area contributed by atoms with Gasteiger partial charge in [-0.3, -0.25) is 0 Å². The van der Waals surface area contributed by atoms with Gasteiger partial charge in [-0.1, -0.05) is 6.08 Å². The fourth-order valence-corrected chi connectivity index (χ4v) is 1.60. The van der Waals surface area contributed by atoms with Gasteiger partial charge in [0.2, 0.25) is 5.88 Å². The number of benzene rings is 1. The van der Waals surface area contributed by atoms with Gasteiger partial charge in [0.25, 0.3) is 0 Å². The van der Waals surface area contributed by atoms with Crippen LogP contribution in [0, 0.1) is 17.2 Å². The first kappa shape index (κ1) is 11.4. The lowest BCUT2D eigenvalue weighted by Gasteiger charge is -2.12. The van der Waals surface area contributed by atoms with Crippen LogP contribution in [-0.4, -0.2) is 6.61 Å². The summed E-state index contributed by atoms with van der Waals surface area (Å²) in [7, 11) is 0. The Kier molecular flexibility index (Phi) is 3.27. The molecule has 2 rings (SSSR count). The lowest BCUT2D eigenvalue weighted by atomic mass is 10.0. The van der Waals surface area contributed by atoms with Crippen molar-refractivity contribution >= 4 is 0 Å². The number of hydrogen-bond donors (Lipinski definition) is 1. The molecule has 0 radical (unpaired) electrons. The topological polar surface area (TPSA) is 45.4 Å². The van der Waals surface area contributed by atoms with Crippen molar-refractivity contribution in [1.82, 2.24) is 0 Å². The average molecular weight is 236 g/mol. The van der Waals surface area contributed by atoms with Crippen LogP contribution in [-0.2, 0) is 11.2 Å². The van der Waals surface area contributed by atoms with Crippen molar-refractivity contribution in [3.05, 3.63) is 59.0 Å². The first-order chi connectivity index (χ1) is 8.20. The Morgan fingerprint density at radius 3 is 2.94 bits per heavy atom. The van der Waals surface area contributed by atoms with Gasteiger partial charge in [-0.05, 0) is 29.8 Å². The molecule has 0 spiro atoms. The molecule has 0 saturated heterocycles. The van der Waals surface area contributed by atoms with Crippen molar-refractivity contribution in [3.63, 3.8) is 0 Å². The summed E-state index contributed by atoms with van der Waals surface area (Å²) in [5, 5.41) is 3.22. The van der Waals surface area contributed by atoms with Crippen molar-refractivity contribution < 1.29 is 13.5 Å². The van der Waals surface area contributed by atoms with Crippen molar-refractivity contribution in [2.24, 2.45) is 5.11 Å². The molecular formula is C12H10F2N2O. The third kappa shape index (κ3) is 2.55. The minimum Gasteiger partial charge on any atom is -0.472 e. The largest absolute Gasteiger partial charge is 0.472 e. The molecule has 0 fully saturated rings. The van der Waals surface area contributed by atoms with E-state index in [1.54, 1.807) is 12.2 Å². The van der Waals surface area contributed by atoms with E-state index in [1.165, 1.54) is 0 Å². The smallest absolute Gasteiger partial charge is 0.236 e. The second-order valence-electron chi connectivity index (χ2n) is 3.57. The van der Waals surface area contributed by atoms with Crippen molar-refractivity contribution in [3.8, 4) is 0 Å². The number of nitrogens with one attached hydrogen (secondary N) is 1. The zero-order valence-electron chi connectivity index (χ0n) is 8.91.